The van der Waals surface area contributed by atoms with Crippen molar-refractivity contribution >= 4 is 28.9 Å². The molecule has 0 atom stereocenters. The molecule has 0 radical (unpaired) electrons. The SMILES string of the molecule is Nc1cccc(COc2cc(Cl)cc(Cl)c2)c1. The number of nitrogen functional groups attached to an aromatic ring is 1. The van der Waals surface area contributed by atoms with Crippen molar-refractivity contribution < 1.29 is 4.74 Å². The van der Waals surface area contributed by atoms with Gasteiger partial charge in [0.05, 0.1) is 0 Å². The van der Waals surface area contributed by atoms with Gasteiger partial charge in [-0.05, 0) is 35.9 Å². The molecule has 2 aromatic rings. The smallest absolute Gasteiger partial charge is 0.122 e. The highest BCUT2D eigenvalue weighted by Gasteiger charge is 2.00. The Labute approximate surface area is 110 Å². The number of hydrogen-bond acceptors (Lipinski definition) is 2. The van der Waals surface area contributed by atoms with Crippen LogP contribution in [0.1, 0.15) is 5.56 Å². The monoisotopic (exact) mass is 267 g/mol. The molecule has 88 valence electrons. The number of benzene rings is 2. The third-order valence-corrected chi connectivity index (χ3v) is 2.63. The molecule has 0 unspecified atom stereocenters. The molecule has 4 heteroatoms. The Morgan fingerprint density at radius 2 is 1.71 bits per heavy atom. The van der Waals surface area contributed by atoms with E-state index in [-0.39, 0.29) is 0 Å². The third-order valence-electron chi connectivity index (χ3n) is 2.19. The van der Waals surface area contributed by atoms with E-state index in [0.29, 0.717) is 22.4 Å². The Hall–Kier alpha value is -1.38. The van der Waals surface area contributed by atoms with Gasteiger partial charge in [0.1, 0.15) is 12.4 Å². The highest BCUT2D eigenvalue weighted by molar-refractivity contribution is 6.34. The van der Waals surface area contributed by atoms with Crippen molar-refractivity contribution in [1.29, 1.82) is 0 Å². The molecule has 0 bridgehead atoms. The number of anilines is 1. The van der Waals surface area contributed by atoms with E-state index in [9.17, 15) is 0 Å². The Kier molecular flexibility index (Phi) is 3.77. The lowest BCUT2D eigenvalue weighted by Crippen LogP contribution is -1.96. The highest BCUT2D eigenvalue weighted by atomic mass is 35.5. The summed E-state index contributed by atoms with van der Waals surface area (Å²) >= 11 is 11.7. The van der Waals surface area contributed by atoms with Gasteiger partial charge in [-0.15, -0.1) is 0 Å². The molecule has 0 saturated heterocycles. The number of rotatable bonds is 3. The van der Waals surface area contributed by atoms with Crippen molar-refractivity contribution in [3.05, 3.63) is 58.1 Å². The zero-order chi connectivity index (χ0) is 12.3. The zero-order valence-electron chi connectivity index (χ0n) is 8.99. The zero-order valence-corrected chi connectivity index (χ0v) is 10.5. The molecule has 2 aromatic carbocycles. The van der Waals surface area contributed by atoms with Crippen molar-refractivity contribution in [2.24, 2.45) is 0 Å². The van der Waals surface area contributed by atoms with Crippen LogP contribution in [0.3, 0.4) is 0 Å². The first-order chi connectivity index (χ1) is 8.13. The molecular weight excluding hydrogens is 257 g/mol. The van der Waals surface area contributed by atoms with Gasteiger partial charge in [0.2, 0.25) is 0 Å². The first kappa shape index (κ1) is 12.1. The number of ether oxygens (including phenoxy) is 1. The molecule has 0 heterocycles. The van der Waals surface area contributed by atoms with Gasteiger partial charge in [-0.2, -0.15) is 0 Å². The second kappa shape index (κ2) is 5.30. The van der Waals surface area contributed by atoms with E-state index in [0.717, 1.165) is 11.3 Å². The molecule has 0 aliphatic rings. The van der Waals surface area contributed by atoms with Gasteiger partial charge in [-0.25, -0.2) is 0 Å². The van der Waals surface area contributed by atoms with Gasteiger partial charge in [-0.3, -0.25) is 0 Å². The van der Waals surface area contributed by atoms with Crippen molar-refractivity contribution in [2.75, 3.05) is 5.73 Å². The van der Waals surface area contributed by atoms with Gasteiger partial charge in [-0.1, -0.05) is 35.3 Å². The van der Waals surface area contributed by atoms with E-state index in [4.69, 9.17) is 33.7 Å². The summed E-state index contributed by atoms with van der Waals surface area (Å²) in [6.45, 7) is 0.432. The van der Waals surface area contributed by atoms with E-state index in [1.807, 2.05) is 24.3 Å². The van der Waals surface area contributed by atoms with Crippen molar-refractivity contribution in [2.45, 2.75) is 6.61 Å². The fourth-order valence-electron chi connectivity index (χ4n) is 1.46. The summed E-state index contributed by atoms with van der Waals surface area (Å²) in [5.41, 5.74) is 7.40. The molecule has 0 aromatic heterocycles. The molecule has 2 N–H and O–H groups in total. The predicted octanol–water partition coefficient (Wildman–Crippen LogP) is 4.15. The highest BCUT2D eigenvalue weighted by Crippen LogP contribution is 2.24. The Bertz CT molecular complexity index is 508. The number of halogens is 2. The maximum Gasteiger partial charge on any atom is 0.122 e. The Balaban J connectivity index is 2.07. The van der Waals surface area contributed by atoms with Crippen LogP contribution in [0.25, 0.3) is 0 Å². The van der Waals surface area contributed by atoms with Gasteiger partial charge < -0.3 is 10.5 Å². The van der Waals surface area contributed by atoms with E-state index >= 15 is 0 Å². The van der Waals surface area contributed by atoms with Gasteiger partial charge >= 0.3 is 0 Å². The molecule has 0 aliphatic heterocycles. The Morgan fingerprint density at radius 1 is 1.00 bits per heavy atom. The van der Waals surface area contributed by atoms with Crippen LogP contribution in [0.15, 0.2) is 42.5 Å². The molecule has 2 rings (SSSR count). The van der Waals surface area contributed by atoms with Crippen molar-refractivity contribution in [3.63, 3.8) is 0 Å². The van der Waals surface area contributed by atoms with E-state index in [1.165, 1.54) is 0 Å². The molecule has 0 aliphatic carbocycles. The maximum atomic E-state index is 5.87. The van der Waals surface area contributed by atoms with Crippen LogP contribution in [0.2, 0.25) is 10.0 Å². The fraction of sp³-hybridized carbons (Fsp3) is 0.0769. The molecular formula is C13H11Cl2NO. The summed E-state index contributed by atoms with van der Waals surface area (Å²) in [6.07, 6.45) is 0. The first-order valence-electron chi connectivity index (χ1n) is 5.07. The van der Waals surface area contributed by atoms with Crippen LogP contribution >= 0.6 is 23.2 Å². The third kappa shape index (κ3) is 3.55. The topological polar surface area (TPSA) is 35.2 Å². The minimum atomic E-state index is 0.432. The molecule has 2 nitrogen and oxygen atoms in total. The fourth-order valence-corrected chi connectivity index (χ4v) is 1.97. The average molecular weight is 268 g/mol. The largest absolute Gasteiger partial charge is 0.489 e. The van der Waals surface area contributed by atoms with E-state index in [2.05, 4.69) is 0 Å². The molecule has 0 spiro atoms. The average Bonchev–Trinajstić information content (AvgIpc) is 2.25. The lowest BCUT2D eigenvalue weighted by Gasteiger charge is -2.07. The van der Waals surface area contributed by atoms with Crippen LogP contribution in [0.4, 0.5) is 5.69 Å². The summed E-state index contributed by atoms with van der Waals surface area (Å²) in [5.74, 6) is 0.643. The minimum Gasteiger partial charge on any atom is -0.489 e. The van der Waals surface area contributed by atoms with Crippen LogP contribution < -0.4 is 10.5 Å². The maximum absolute atomic E-state index is 5.87. The molecule has 0 amide bonds. The van der Waals surface area contributed by atoms with Gasteiger partial charge in [0, 0.05) is 15.7 Å². The Morgan fingerprint density at radius 3 is 2.35 bits per heavy atom. The van der Waals surface area contributed by atoms with Crippen LogP contribution in [-0.2, 0) is 6.61 Å². The van der Waals surface area contributed by atoms with Crippen LogP contribution in [0, 0.1) is 0 Å². The molecule has 0 saturated carbocycles. The quantitative estimate of drug-likeness (QED) is 0.848. The number of hydrogen-bond donors (Lipinski definition) is 1. The summed E-state index contributed by atoms with van der Waals surface area (Å²) in [5, 5.41) is 1.11. The van der Waals surface area contributed by atoms with Crippen molar-refractivity contribution in [1.82, 2.24) is 0 Å². The minimum absolute atomic E-state index is 0.432. The summed E-state index contributed by atoms with van der Waals surface area (Å²) in [4.78, 5) is 0. The second-order valence-corrected chi connectivity index (χ2v) is 4.51. The van der Waals surface area contributed by atoms with Crippen LogP contribution in [-0.4, -0.2) is 0 Å². The summed E-state index contributed by atoms with van der Waals surface area (Å²) in [6, 6.07) is 12.6. The normalized spacial score (nSPS) is 10.2. The first-order valence-corrected chi connectivity index (χ1v) is 5.82. The summed E-state index contributed by atoms with van der Waals surface area (Å²) in [7, 11) is 0. The van der Waals surface area contributed by atoms with Gasteiger partial charge in [0.25, 0.3) is 0 Å². The number of nitrogens with two attached hydrogens (primary N) is 1. The van der Waals surface area contributed by atoms with Crippen LogP contribution in [0.5, 0.6) is 5.75 Å². The predicted molar refractivity (Wildman–Crippen MR) is 71.6 cm³/mol. The van der Waals surface area contributed by atoms with Crippen molar-refractivity contribution in [3.8, 4) is 5.75 Å². The van der Waals surface area contributed by atoms with Gasteiger partial charge in [0.15, 0.2) is 0 Å². The summed E-state index contributed by atoms with van der Waals surface area (Å²) < 4.78 is 5.58. The molecule has 0 fully saturated rings. The molecule has 17 heavy (non-hydrogen) atoms. The lowest BCUT2D eigenvalue weighted by atomic mass is 10.2. The van der Waals surface area contributed by atoms with E-state index < -0.39 is 0 Å². The standard InChI is InChI=1S/C13H11Cl2NO/c14-10-5-11(15)7-13(6-10)17-8-9-2-1-3-12(16)4-9/h1-7H,8,16H2. The van der Waals surface area contributed by atoms with E-state index in [1.54, 1.807) is 18.2 Å². The second-order valence-electron chi connectivity index (χ2n) is 3.64. The lowest BCUT2D eigenvalue weighted by molar-refractivity contribution is 0.306.